The van der Waals surface area contributed by atoms with Crippen molar-refractivity contribution in [3.63, 3.8) is 0 Å². The van der Waals surface area contributed by atoms with Crippen LogP contribution in [0.25, 0.3) is 0 Å². The van der Waals surface area contributed by atoms with E-state index in [2.05, 4.69) is 26.0 Å². The molecule has 7 nitrogen and oxygen atoms in total. The van der Waals surface area contributed by atoms with Crippen molar-refractivity contribution in [2.24, 2.45) is 11.0 Å². The number of anilines is 1. The molecule has 28 heavy (non-hydrogen) atoms. The van der Waals surface area contributed by atoms with E-state index in [4.69, 9.17) is 8.83 Å². The molecule has 0 radical (unpaired) electrons. The van der Waals surface area contributed by atoms with Crippen LogP contribution in [0.4, 0.5) is 10.4 Å². The van der Waals surface area contributed by atoms with E-state index in [0.29, 0.717) is 24.7 Å². The van der Waals surface area contributed by atoms with Crippen LogP contribution in [-0.2, 0) is 6.42 Å². The maximum atomic E-state index is 13.3. The molecule has 0 fully saturated rings. The van der Waals surface area contributed by atoms with Gasteiger partial charge in [0.05, 0.1) is 18.6 Å². The van der Waals surface area contributed by atoms with Crippen molar-refractivity contribution in [2.45, 2.75) is 12.8 Å². The molecule has 0 amide bonds. The molecule has 1 aliphatic carbocycles. The molecule has 1 atom stereocenters. The number of hydrogen-bond donors (Lipinski definition) is 2. The highest BCUT2D eigenvalue weighted by atomic mass is 19.1. The van der Waals surface area contributed by atoms with Crippen LogP contribution < -0.4 is 10.7 Å². The van der Waals surface area contributed by atoms with E-state index in [9.17, 15) is 4.39 Å². The number of furan rings is 1. The van der Waals surface area contributed by atoms with Gasteiger partial charge in [0.1, 0.15) is 11.5 Å². The lowest BCUT2D eigenvalue weighted by Gasteiger charge is -2.18. The standard InChI is InChI=1S/C20H16FN5O2/c21-13-4-1-3-12(9-13)10-18-24-26-20(28-18)22-14-6-7-16-15(11-14)19(25-23-16)17-5-2-8-27-17/h1-9,15,23H,10-11H2,(H,22,26). The third kappa shape index (κ3) is 3.20. The van der Waals surface area contributed by atoms with Crippen molar-refractivity contribution in [1.82, 2.24) is 15.6 Å². The molecule has 0 spiro atoms. The van der Waals surface area contributed by atoms with Crippen molar-refractivity contribution < 1.29 is 13.2 Å². The number of halogens is 1. The van der Waals surface area contributed by atoms with Gasteiger partial charge in [0.15, 0.2) is 5.76 Å². The zero-order valence-corrected chi connectivity index (χ0v) is 14.7. The number of fused-ring (bicyclic) bond motifs is 1. The summed E-state index contributed by atoms with van der Waals surface area (Å²) in [6, 6.07) is 10.4. The van der Waals surface area contributed by atoms with Gasteiger partial charge in [-0.1, -0.05) is 17.2 Å². The molecule has 2 aliphatic rings. The molecule has 0 bridgehead atoms. The van der Waals surface area contributed by atoms with E-state index >= 15 is 0 Å². The fraction of sp³-hybridized carbons (Fsp3) is 0.150. The van der Waals surface area contributed by atoms with Crippen LogP contribution in [-0.4, -0.2) is 15.9 Å². The second kappa shape index (κ2) is 6.80. The number of benzene rings is 1. The second-order valence-electron chi connectivity index (χ2n) is 6.59. The molecule has 140 valence electrons. The lowest BCUT2D eigenvalue weighted by molar-refractivity contribution is 0.517. The zero-order chi connectivity index (χ0) is 18.9. The Hall–Kier alpha value is -3.68. The lowest BCUT2D eigenvalue weighted by atomic mass is 9.90. The Balaban J connectivity index is 1.27. The first-order valence-corrected chi connectivity index (χ1v) is 8.87. The quantitative estimate of drug-likeness (QED) is 0.706. The average Bonchev–Trinajstić information content (AvgIpc) is 3.42. The van der Waals surface area contributed by atoms with E-state index < -0.39 is 0 Å². The SMILES string of the molecule is Fc1cccc(Cc2nnc(NC3=CC=C4NN=C(c5ccco5)C4C3)o2)c1. The van der Waals surface area contributed by atoms with Gasteiger partial charge in [0.2, 0.25) is 5.89 Å². The smallest absolute Gasteiger partial charge is 0.319 e. The number of rotatable bonds is 5. The van der Waals surface area contributed by atoms with E-state index in [-0.39, 0.29) is 11.7 Å². The van der Waals surface area contributed by atoms with Gasteiger partial charge in [-0.25, -0.2) is 4.39 Å². The monoisotopic (exact) mass is 377 g/mol. The summed E-state index contributed by atoms with van der Waals surface area (Å²) < 4.78 is 24.5. The summed E-state index contributed by atoms with van der Waals surface area (Å²) in [6.07, 6.45) is 6.63. The highest BCUT2D eigenvalue weighted by Gasteiger charge is 2.32. The average molecular weight is 377 g/mol. The second-order valence-corrected chi connectivity index (χ2v) is 6.59. The Morgan fingerprint density at radius 1 is 1.18 bits per heavy atom. The Kier molecular flexibility index (Phi) is 4.01. The van der Waals surface area contributed by atoms with Gasteiger partial charge in [-0.3, -0.25) is 5.43 Å². The van der Waals surface area contributed by atoms with Gasteiger partial charge < -0.3 is 14.2 Å². The molecule has 1 aliphatic heterocycles. The molecular weight excluding hydrogens is 361 g/mol. The molecule has 1 aromatic carbocycles. The van der Waals surface area contributed by atoms with Crippen LogP contribution in [0, 0.1) is 11.7 Å². The largest absolute Gasteiger partial charge is 0.463 e. The van der Waals surface area contributed by atoms with E-state index in [1.807, 2.05) is 30.4 Å². The van der Waals surface area contributed by atoms with Crippen LogP contribution in [0.15, 0.2) is 80.1 Å². The normalized spacial score (nSPS) is 18.0. The molecule has 1 unspecified atom stereocenters. The maximum Gasteiger partial charge on any atom is 0.319 e. The predicted octanol–water partition coefficient (Wildman–Crippen LogP) is 3.60. The molecule has 3 aromatic rings. The van der Waals surface area contributed by atoms with E-state index in [1.54, 1.807) is 12.3 Å². The maximum absolute atomic E-state index is 13.3. The zero-order valence-electron chi connectivity index (χ0n) is 14.7. The summed E-state index contributed by atoms with van der Waals surface area (Å²) >= 11 is 0. The van der Waals surface area contributed by atoms with Gasteiger partial charge in [0, 0.05) is 17.8 Å². The lowest BCUT2D eigenvalue weighted by Crippen LogP contribution is -2.20. The Labute approximate surface area is 159 Å². The highest BCUT2D eigenvalue weighted by Crippen LogP contribution is 2.31. The number of hydrazone groups is 1. The minimum atomic E-state index is -0.287. The number of nitrogens with one attached hydrogen (secondary N) is 2. The van der Waals surface area contributed by atoms with Crippen molar-refractivity contribution >= 4 is 11.7 Å². The summed E-state index contributed by atoms with van der Waals surface area (Å²) in [4.78, 5) is 0. The minimum absolute atomic E-state index is 0.0772. The summed E-state index contributed by atoms with van der Waals surface area (Å²) in [7, 11) is 0. The van der Waals surface area contributed by atoms with Gasteiger partial charge in [-0.05, 0) is 42.0 Å². The number of aromatic nitrogens is 2. The first kappa shape index (κ1) is 16.5. The molecule has 0 saturated heterocycles. The van der Waals surface area contributed by atoms with Crippen molar-refractivity contribution in [3.8, 4) is 0 Å². The third-order valence-electron chi connectivity index (χ3n) is 4.65. The predicted molar refractivity (Wildman–Crippen MR) is 99.8 cm³/mol. The number of allylic oxidation sites excluding steroid dienone is 4. The van der Waals surface area contributed by atoms with Gasteiger partial charge >= 0.3 is 6.01 Å². The fourth-order valence-electron chi connectivity index (χ4n) is 3.34. The summed E-state index contributed by atoms with van der Waals surface area (Å²) in [5.41, 5.74) is 6.64. The minimum Gasteiger partial charge on any atom is -0.463 e. The van der Waals surface area contributed by atoms with Gasteiger partial charge in [-0.2, -0.15) is 5.10 Å². The Morgan fingerprint density at radius 2 is 2.14 bits per heavy atom. The highest BCUT2D eigenvalue weighted by molar-refractivity contribution is 6.03. The van der Waals surface area contributed by atoms with E-state index in [1.165, 1.54) is 12.1 Å². The van der Waals surface area contributed by atoms with Crippen molar-refractivity contribution in [3.05, 3.63) is 89.2 Å². The Morgan fingerprint density at radius 3 is 3.00 bits per heavy atom. The molecule has 2 N–H and O–H groups in total. The molecule has 0 saturated carbocycles. The first-order valence-electron chi connectivity index (χ1n) is 8.87. The van der Waals surface area contributed by atoms with E-state index in [0.717, 1.165) is 28.4 Å². The summed E-state index contributed by atoms with van der Waals surface area (Å²) in [5.74, 6) is 0.955. The van der Waals surface area contributed by atoms with Crippen LogP contribution in [0.1, 0.15) is 23.6 Å². The van der Waals surface area contributed by atoms with Crippen molar-refractivity contribution in [1.29, 1.82) is 0 Å². The summed E-state index contributed by atoms with van der Waals surface area (Å²) in [6.45, 7) is 0. The van der Waals surface area contributed by atoms with Gasteiger partial charge in [-0.15, -0.1) is 5.10 Å². The van der Waals surface area contributed by atoms with Crippen LogP contribution >= 0.6 is 0 Å². The number of hydrogen-bond acceptors (Lipinski definition) is 7. The number of nitrogens with zero attached hydrogens (tertiary/aromatic N) is 3. The molecule has 3 heterocycles. The fourth-order valence-corrected chi connectivity index (χ4v) is 3.34. The molecule has 2 aromatic heterocycles. The molecule has 5 rings (SSSR count). The molecule has 8 heteroatoms. The topological polar surface area (TPSA) is 88.5 Å². The third-order valence-corrected chi connectivity index (χ3v) is 4.65. The van der Waals surface area contributed by atoms with Crippen LogP contribution in [0.3, 0.4) is 0 Å². The van der Waals surface area contributed by atoms with Crippen LogP contribution in [0.5, 0.6) is 0 Å². The first-order chi connectivity index (χ1) is 13.7. The van der Waals surface area contributed by atoms with Crippen LogP contribution in [0.2, 0.25) is 0 Å². The Bertz CT molecular complexity index is 1100. The van der Waals surface area contributed by atoms with Gasteiger partial charge in [0.25, 0.3) is 0 Å². The summed E-state index contributed by atoms with van der Waals surface area (Å²) in [5, 5.41) is 15.6. The molecular formula is C20H16FN5O2. The van der Waals surface area contributed by atoms with Crippen molar-refractivity contribution in [2.75, 3.05) is 5.32 Å².